The highest BCUT2D eigenvalue weighted by Crippen LogP contribution is 2.44. The van der Waals surface area contributed by atoms with Crippen LogP contribution in [0.2, 0.25) is 0 Å². The second-order valence-corrected chi connectivity index (χ2v) is 37.3. The van der Waals surface area contributed by atoms with Gasteiger partial charge in [0, 0.05) is 40.8 Å². The number of halogens is 10. The molecule has 3 aliphatic rings. The fourth-order valence-corrected chi connectivity index (χ4v) is 20.1. The molecule has 2 fully saturated rings. The van der Waals surface area contributed by atoms with E-state index in [0.717, 1.165) is 149 Å². The molecule has 0 bridgehead atoms. The van der Waals surface area contributed by atoms with E-state index in [1.807, 2.05) is 60.7 Å². The maximum Gasteiger partial charge on any atom is 0.417 e. The third-order valence-corrected chi connectivity index (χ3v) is 27.6. The summed E-state index contributed by atoms with van der Waals surface area (Å²) in [6.07, 6.45) is 4.64. The molecule has 12 aromatic rings. The number of carbonyl (C=O) groups excluding carboxylic acids is 6. The van der Waals surface area contributed by atoms with E-state index in [9.17, 15) is 93.2 Å². The summed E-state index contributed by atoms with van der Waals surface area (Å²) < 4.78 is 122. The molecule has 710 valence electrons. The van der Waals surface area contributed by atoms with Gasteiger partial charge in [-0.05, 0) is 211 Å². The van der Waals surface area contributed by atoms with Crippen LogP contribution < -0.4 is 31.9 Å². The van der Waals surface area contributed by atoms with Crippen LogP contribution in [0.3, 0.4) is 0 Å². The van der Waals surface area contributed by atoms with Gasteiger partial charge in [0.25, 0.3) is 17.7 Å². The fraction of sp³-hybridized carbons (Fsp3) is 0.307. The third-order valence-electron chi connectivity index (χ3n) is 23.9. The lowest BCUT2D eigenvalue weighted by molar-refractivity contribution is -0.138. The number of hydrogen-bond acceptors (Lipinski definition) is 17. The molecule has 3 aromatic heterocycles. The number of benzene rings is 9. The topological polar surface area (TPSA) is 373 Å². The van der Waals surface area contributed by atoms with Crippen molar-refractivity contribution in [3.8, 4) is 12.1 Å². The number of nitrogens with zero attached hydrogens (tertiary/aromatic N) is 5. The van der Waals surface area contributed by atoms with Crippen LogP contribution in [0.5, 0.6) is 0 Å². The van der Waals surface area contributed by atoms with Crippen molar-refractivity contribution in [3.05, 3.63) is 287 Å². The van der Waals surface area contributed by atoms with E-state index in [0.29, 0.717) is 45.2 Å². The Kier molecular flexibility index (Phi) is 33.8. The molecule has 3 unspecified atom stereocenters. The van der Waals surface area contributed by atoms with E-state index in [4.69, 9.17) is 15.3 Å². The van der Waals surface area contributed by atoms with Crippen LogP contribution >= 0.6 is 49.9 Å². The predicted molar refractivity (Wildman–Crippen MR) is 507 cm³/mol. The first-order valence-electron chi connectivity index (χ1n) is 44.2. The largest absolute Gasteiger partial charge is 0.481 e. The Morgan fingerprint density at radius 3 is 1.09 bits per heavy atom. The molecular weight excluding hydrogens is 1910 g/mol. The zero-order valence-electron chi connectivity index (χ0n) is 73.3. The minimum Gasteiger partial charge on any atom is -0.481 e. The van der Waals surface area contributed by atoms with E-state index in [2.05, 4.69) is 81.0 Å². The molecular formula is C101H91BrF9N11O12S3. The SMILES string of the molecule is N#Cc1cc(C(F)(F)F)cc2nc(NC(=O)C(Cc3ccc(C(=O)NCCC(=O)O)cc3)c3ccc(C4=CCCCC4)cc3)sc12.N#Cc1cc(C(F)(F)F)cc2nc(NC(=O)C(Cc3ccc(C(=O)NCCC(=O)O)cc3)c3ccc(C4CCCCC4)cc3)sc12.O=C(O)CCNC(=O)c1ccc(CC(C(=O)Nc2nc3cc(C(F)(F)F)c(Br)cc3s2)c2ccc(C3CCCCC3)cc2)cc1. The van der Waals surface area contributed by atoms with E-state index in [1.54, 1.807) is 84.9 Å². The van der Waals surface area contributed by atoms with Crippen molar-refractivity contribution in [3.63, 3.8) is 0 Å². The van der Waals surface area contributed by atoms with Gasteiger partial charge in [0.05, 0.1) is 95.5 Å². The summed E-state index contributed by atoms with van der Waals surface area (Å²) in [6.45, 7) is -0.00633. The minimum atomic E-state index is -4.66. The number of carboxylic acids is 3. The summed E-state index contributed by atoms with van der Waals surface area (Å²) in [5.74, 6) is -6.60. The first-order valence-corrected chi connectivity index (χ1v) is 47.4. The number of alkyl halides is 9. The highest BCUT2D eigenvalue weighted by Gasteiger charge is 2.37. The van der Waals surface area contributed by atoms with Gasteiger partial charge in [-0.25, -0.2) is 15.0 Å². The lowest BCUT2D eigenvalue weighted by atomic mass is 9.83. The Bertz CT molecular complexity index is 6550. The van der Waals surface area contributed by atoms with Crippen LogP contribution in [-0.4, -0.2) is 103 Å². The van der Waals surface area contributed by atoms with E-state index in [1.165, 1.54) is 61.3 Å². The summed E-state index contributed by atoms with van der Waals surface area (Å²) in [6, 6.07) is 52.9. The second-order valence-electron chi connectivity index (χ2n) is 33.4. The van der Waals surface area contributed by atoms with Gasteiger partial charge < -0.3 is 47.2 Å². The molecule has 3 heterocycles. The van der Waals surface area contributed by atoms with Crippen LogP contribution in [0, 0.1) is 22.7 Å². The number of carbonyl (C=O) groups is 9. The Morgan fingerprint density at radius 2 is 0.766 bits per heavy atom. The number of nitriles is 2. The normalized spacial score (nSPS) is 14.3. The average molecular weight is 2000 g/mol. The minimum absolute atomic E-state index is 0.00579. The number of fused-ring (bicyclic) bond motifs is 3. The quantitative estimate of drug-likeness (QED) is 0.0189. The molecule has 0 aliphatic heterocycles. The lowest BCUT2D eigenvalue weighted by Gasteiger charge is -2.23. The number of aliphatic carboxylic acids is 3. The monoisotopic (exact) mass is 2000 g/mol. The van der Waals surface area contributed by atoms with Crippen LogP contribution in [0.4, 0.5) is 54.9 Å². The fourth-order valence-electron chi connectivity index (χ4n) is 16.7. The standard InChI is InChI=1S/C34H31F3N4O4S.C34H29F3N4O4S.C33H31BrF3N3O4S/c2*35-34(36,37)26-17-25(19-38)30-28(18-26)40-33(46-30)41-32(45)27(23-12-10-22(11-13-23)21-4-2-1-3-5-21)16-20-6-8-24(9-7-20)31(44)39-15-14-29(42)43;34-26-18-28-27(17-25(26)33(35,36)37)39-32(45-28)40-31(44)24(22-12-10-21(11-13-22)20-4-2-1-3-5-20)16-19-6-8-23(9-7-19)30(43)38-15-14-29(41)42/h6-13,17-18,21,27H,1-5,14-16H2,(H,39,44)(H,42,43)(H,40,41,45);4,6-13,17-18,27H,1-3,5,14-16H2,(H,39,44)(H,42,43)(H,40,41,45);6-13,17-18,20,24H,1-5,14-16H2,(H,38,43)(H,41,42)(H,39,40,44). The van der Waals surface area contributed by atoms with Crippen molar-refractivity contribution < 1.29 is 98.0 Å². The Labute approximate surface area is 800 Å². The Hall–Kier alpha value is -13.6. The molecule has 6 amide bonds. The van der Waals surface area contributed by atoms with Gasteiger partial charge in [-0.1, -0.05) is 204 Å². The number of anilines is 3. The molecule has 9 N–H and O–H groups in total. The number of allylic oxidation sites excluding steroid dienone is 2. The van der Waals surface area contributed by atoms with Crippen LogP contribution in [0.1, 0.15) is 248 Å². The number of aromatic nitrogens is 3. The van der Waals surface area contributed by atoms with Crippen molar-refractivity contribution in [2.45, 2.75) is 177 Å². The molecule has 23 nitrogen and oxygen atoms in total. The zero-order chi connectivity index (χ0) is 97.8. The molecule has 36 heteroatoms. The molecule has 137 heavy (non-hydrogen) atoms. The molecule has 3 aliphatic carbocycles. The van der Waals surface area contributed by atoms with Gasteiger partial charge in [0.15, 0.2) is 15.4 Å². The maximum absolute atomic E-state index is 13.8. The highest BCUT2D eigenvalue weighted by atomic mass is 79.9. The highest BCUT2D eigenvalue weighted by molar-refractivity contribution is 9.10. The smallest absolute Gasteiger partial charge is 0.417 e. The zero-order valence-corrected chi connectivity index (χ0v) is 77.3. The molecule has 2 saturated carbocycles. The Morgan fingerprint density at radius 1 is 0.416 bits per heavy atom. The molecule has 15 rings (SSSR count). The van der Waals surface area contributed by atoms with E-state index in [-0.39, 0.29) is 115 Å². The first-order chi connectivity index (χ1) is 65.5. The van der Waals surface area contributed by atoms with E-state index < -0.39 is 100 Å². The molecule has 3 atom stereocenters. The van der Waals surface area contributed by atoms with Crippen LogP contribution in [0.25, 0.3) is 36.2 Å². The van der Waals surface area contributed by atoms with Crippen molar-refractivity contribution in [2.75, 3.05) is 35.6 Å². The summed E-state index contributed by atoms with van der Waals surface area (Å²) in [5.41, 5.74) is 7.25. The lowest BCUT2D eigenvalue weighted by Crippen LogP contribution is -2.26. The average Bonchev–Trinajstić information content (AvgIpc) is 1.64. The third kappa shape index (κ3) is 27.4. The molecule has 0 spiro atoms. The van der Waals surface area contributed by atoms with Crippen LogP contribution in [-0.2, 0) is 66.6 Å². The van der Waals surface area contributed by atoms with Crippen molar-refractivity contribution in [2.24, 2.45) is 0 Å². The van der Waals surface area contributed by atoms with E-state index >= 15 is 0 Å². The Balaban J connectivity index is 0.000000174. The summed E-state index contributed by atoms with van der Waals surface area (Å²) >= 11 is 5.95. The van der Waals surface area contributed by atoms with Gasteiger partial charge in [-0.3, -0.25) is 43.2 Å². The predicted octanol–water partition coefficient (Wildman–Crippen LogP) is 23.0. The van der Waals surface area contributed by atoms with Crippen molar-refractivity contribution in [1.82, 2.24) is 30.9 Å². The number of nitrogens with one attached hydrogen (secondary N) is 6. The van der Waals surface area contributed by atoms with Gasteiger partial charge in [0.1, 0.15) is 12.1 Å². The maximum atomic E-state index is 13.8. The van der Waals surface area contributed by atoms with Gasteiger partial charge in [-0.15, -0.1) is 0 Å². The van der Waals surface area contributed by atoms with Crippen molar-refractivity contribution >= 4 is 155 Å². The number of rotatable bonds is 30. The van der Waals surface area contributed by atoms with Gasteiger partial charge in [0.2, 0.25) is 17.7 Å². The van der Waals surface area contributed by atoms with Gasteiger partial charge >= 0.3 is 36.4 Å². The first kappa shape index (κ1) is 101. The summed E-state index contributed by atoms with van der Waals surface area (Å²) in [4.78, 5) is 123. The van der Waals surface area contributed by atoms with Crippen molar-refractivity contribution in [1.29, 1.82) is 10.5 Å². The number of hydrogen-bond donors (Lipinski definition) is 9. The summed E-state index contributed by atoms with van der Waals surface area (Å²) in [7, 11) is 0. The number of carboxylic acid groups (broad SMARTS) is 3. The number of amides is 6. The molecule has 9 aromatic carbocycles. The number of thiazole rings is 3. The second kappa shape index (κ2) is 45.9. The molecule has 0 saturated heterocycles. The molecule has 0 radical (unpaired) electrons. The van der Waals surface area contributed by atoms with Gasteiger partial charge in [-0.2, -0.15) is 50.0 Å². The summed E-state index contributed by atoms with van der Waals surface area (Å²) in [5, 5.41) is 61.7. The van der Waals surface area contributed by atoms with Crippen LogP contribution in [0.15, 0.2) is 193 Å².